The summed E-state index contributed by atoms with van der Waals surface area (Å²) >= 11 is 3.13. The van der Waals surface area contributed by atoms with Crippen molar-refractivity contribution in [3.8, 4) is 0 Å². The van der Waals surface area contributed by atoms with E-state index in [9.17, 15) is 10.1 Å². The number of hydrogen-bond donors (Lipinski definition) is 1. The molecule has 2 rings (SSSR count). The van der Waals surface area contributed by atoms with Crippen molar-refractivity contribution < 1.29 is 4.92 Å². The zero-order chi connectivity index (χ0) is 13.8. The highest BCUT2D eigenvalue weighted by Crippen LogP contribution is 2.14. The van der Waals surface area contributed by atoms with Gasteiger partial charge in [0, 0.05) is 27.6 Å². The van der Waals surface area contributed by atoms with E-state index in [1.165, 1.54) is 4.68 Å². The summed E-state index contributed by atoms with van der Waals surface area (Å²) in [6.07, 6.45) is 0. The molecule has 0 aliphatic heterocycles. The minimum atomic E-state index is -0.635. The summed E-state index contributed by atoms with van der Waals surface area (Å²) in [6.45, 7) is 3.06. The molecule has 0 atom stereocenters. The topological polar surface area (TPSA) is 98.8 Å². The highest BCUT2D eigenvalue weighted by molar-refractivity contribution is 9.10. The largest absolute Gasteiger partial charge is 0.492 e. The monoisotopic (exact) mass is 326 g/mol. The Labute approximate surface area is 117 Å². The van der Waals surface area contributed by atoms with Crippen molar-refractivity contribution in [1.29, 1.82) is 0 Å². The van der Waals surface area contributed by atoms with E-state index in [1.807, 2.05) is 25.1 Å². The Kier molecular flexibility index (Phi) is 4.05. The number of rotatable bonds is 5. The van der Waals surface area contributed by atoms with Gasteiger partial charge in [-0.1, -0.05) is 6.07 Å². The summed E-state index contributed by atoms with van der Waals surface area (Å²) in [7, 11) is 0. The fraction of sp³-hybridized carbons (Fsp3) is 0.300. The van der Waals surface area contributed by atoms with Crippen molar-refractivity contribution >= 4 is 27.7 Å². The summed E-state index contributed by atoms with van der Waals surface area (Å²) < 4.78 is 1.69. The van der Waals surface area contributed by atoms with Gasteiger partial charge in [0.25, 0.3) is 4.73 Å². The summed E-state index contributed by atoms with van der Waals surface area (Å²) in [5.74, 6) is 0.320. The van der Waals surface area contributed by atoms with Crippen LogP contribution in [0.5, 0.6) is 0 Å². The van der Waals surface area contributed by atoms with Crippen LogP contribution in [0.4, 0.5) is 11.8 Å². The highest BCUT2D eigenvalue weighted by Gasteiger charge is 2.19. The number of hydrogen-bond acceptors (Lipinski definition) is 6. The van der Waals surface area contributed by atoms with Crippen LogP contribution < -0.4 is 5.32 Å². The number of nitrogens with zero attached hydrogens (tertiary/aromatic N) is 5. The minimum Gasteiger partial charge on any atom is -0.390 e. The number of aromatic nitrogens is 4. The molecule has 0 fully saturated rings. The van der Waals surface area contributed by atoms with Crippen molar-refractivity contribution in [2.75, 3.05) is 11.9 Å². The maximum atomic E-state index is 10.6. The van der Waals surface area contributed by atoms with Gasteiger partial charge in [0.2, 0.25) is 0 Å². The average molecular weight is 327 g/mol. The third kappa shape index (κ3) is 3.25. The molecule has 0 aromatic carbocycles. The van der Waals surface area contributed by atoms with Crippen LogP contribution in [0.3, 0.4) is 0 Å². The third-order valence-corrected chi connectivity index (χ3v) is 2.84. The van der Waals surface area contributed by atoms with E-state index in [1.54, 1.807) is 0 Å². The first-order valence-corrected chi connectivity index (χ1v) is 6.34. The van der Waals surface area contributed by atoms with Crippen LogP contribution in [0.25, 0.3) is 0 Å². The Morgan fingerprint density at radius 1 is 1.47 bits per heavy atom. The number of halogens is 1. The predicted octanol–water partition coefficient (Wildman–Crippen LogP) is 1.82. The van der Waals surface area contributed by atoms with Crippen molar-refractivity contribution in [2.24, 2.45) is 0 Å². The molecule has 0 amide bonds. The summed E-state index contributed by atoms with van der Waals surface area (Å²) in [6, 6.07) is 5.53. The van der Waals surface area contributed by atoms with Crippen LogP contribution in [0.1, 0.15) is 12.6 Å². The van der Waals surface area contributed by atoms with Crippen LogP contribution >= 0.6 is 15.9 Å². The van der Waals surface area contributed by atoms with Crippen LogP contribution in [-0.4, -0.2) is 31.2 Å². The molecule has 2 aromatic rings. The molecule has 2 aromatic heterocycles. The van der Waals surface area contributed by atoms with E-state index in [4.69, 9.17) is 0 Å². The number of pyridine rings is 1. The van der Waals surface area contributed by atoms with Gasteiger partial charge < -0.3 is 15.4 Å². The summed E-state index contributed by atoms with van der Waals surface area (Å²) in [5, 5.41) is 17.5. The molecular formula is C10H11BrN6O2. The van der Waals surface area contributed by atoms with Crippen LogP contribution in [0.2, 0.25) is 0 Å². The van der Waals surface area contributed by atoms with Gasteiger partial charge in [-0.2, -0.15) is 4.68 Å². The zero-order valence-corrected chi connectivity index (χ0v) is 11.7. The SMILES string of the molecule is CCNc1cccc(Cn2nc([N+](=O)[O-])nc2Br)n1. The van der Waals surface area contributed by atoms with E-state index < -0.39 is 10.9 Å². The fourth-order valence-electron chi connectivity index (χ4n) is 1.49. The number of nitro groups is 1. The Morgan fingerprint density at radius 2 is 2.26 bits per heavy atom. The van der Waals surface area contributed by atoms with Gasteiger partial charge >= 0.3 is 5.95 Å². The smallest absolute Gasteiger partial charge is 0.390 e. The fourth-order valence-corrected chi connectivity index (χ4v) is 1.85. The molecule has 1 N–H and O–H groups in total. The second-order valence-corrected chi connectivity index (χ2v) is 4.35. The van der Waals surface area contributed by atoms with E-state index in [0.717, 1.165) is 18.1 Å². The molecule has 0 aliphatic carbocycles. The average Bonchev–Trinajstić information content (AvgIpc) is 2.72. The lowest BCUT2D eigenvalue weighted by Crippen LogP contribution is -2.06. The number of anilines is 1. The molecule has 2 heterocycles. The summed E-state index contributed by atoms with van der Waals surface area (Å²) in [5.41, 5.74) is 0.735. The quantitative estimate of drug-likeness (QED) is 0.664. The Morgan fingerprint density at radius 3 is 2.89 bits per heavy atom. The molecule has 0 radical (unpaired) electrons. The molecule has 0 saturated heterocycles. The molecule has 9 heteroatoms. The van der Waals surface area contributed by atoms with Crippen LogP contribution in [0.15, 0.2) is 22.9 Å². The molecule has 19 heavy (non-hydrogen) atoms. The van der Waals surface area contributed by atoms with Gasteiger partial charge in [0.15, 0.2) is 0 Å². The Bertz CT molecular complexity index is 599. The normalized spacial score (nSPS) is 10.4. The molecule has 0 saturated carbocycles. The molecule has 0 spiro atoms. The Hall–Kier alpha value is -2.03. The van der Waals surface area contributed by atoms with Crippen molar-refractivity contribution in [3.63, 3.8) is 0 Å². The van der Waals surface area contributed by atoms with Crippen LogP contribution in [0, 0.1) is 10.1 Å². The van der Waals surface area contributed by atoms with Crippen molar-refractivity contribution in [3.05, 3.63) is 38.7 Å². The molecule has 0 aliphatic rings. The van der Waals surface area contributed by atoms with E-state index in [-0.39, 0.29) is 0 Å². The molecule has 0 bridgehead atoms. The molecule has 0 unspecified atom stereocenters. The van der Waals surface area contributed by atoms with Gasteiger partial charge in [-0.05, 0) is 29.0 Å². The first-order chi connectivity index (χ1) is 9.10. The highest BCUT2D eigenvalue weighted by atomic mass is 79.9. The van der Waals surface area contributed by atoms with Crippen LogP contribution in [-0.2, 0) is 6.54 Å². The van der Waals surface area contributed by atoms with Gasteiger partial charge in [0.1, 0.15) is 12.4 Å². The third-order valence-electron chi connectivity index (χ3n) is 2.26. The van der Waals surface area contributed by atoms with E-state index >= 15 is 0 Å². The van der Waals surface area contributed by atoms with E-state index in [0.29, 0.717) is 11.3 Å². The standard InChI is InChI=1S/C10H11BrN6O2/c1-2-12-8-5-3-4-7(13-8)6-16-9(11)14-10(15-16)17(18)19/h3-5H,2,6H2,1H3,(H,12,13). The first-order valence-electron chi connectivity index (χ1n) is 5.54. The lowest BCUT2D eigenvalue weighted by molar-refractivity contribution is -0.394. The van der Waals surface area contributed by atoms with E-state index in [2.05, 4.69) is 36.3 Å². The van der Waals surface area contributed by atoms with Gasteiger partial charge in [-0.25, -0.2) is 4.98 Å². The van der Waals surface area contributed by atoms with Gasteiger partial charge in [0.05, 0.1) is 5.69 Å². The number of nitrogens with one attached hydrogen (secondary N) is 1. The Balaban J connectivity index is 2.21. The lowest BCUT2D eigenvalue weighted by Gasteiger charge is -2.04. The molecule has 8 nitrogen and oxygen atoms in total. The summed E-state index contributed by atoms with van der Waals surface area (Å²) in [4.78, 5) is 18.0. The molecular weight excluding hydrogens is 316 g/mol. The maximum Gasteiger partial charge on any atom is 0.492 e. The second-order valence-electron chi connectivity index (χ2n) is 3.64. The van der Waals surface area contributed by atoms with Crippen molar-refractivity contribution in [1.82, 2.24) is 19.7 Å². The minimum absolute atomic E-state index is 0.301. The first kappa shape index (κ1) is 13.4. The zero-order valence-electron chi connectivity index (χ0n) is 10.1. The lowest BCUT2D eigenvalue weighted by atomic mass is 10.3. The second kappa shape index (κ2) is 5.74. The molecule has 100 valence electrons. The van der Waals surface area contributed by atoms with Gasteiger partial charge in [-0.3, -0.25) is 0 Å². The van der Waals surface area contributed by atoms with Crippen molar-refractivity contribution in [2.45, 2.75) is 13.5 Å². The van der Waals surface area contributed by atoms with Gasteiger partial charge in [-0.15, -0.1) is 0 Å². The maximum absolute atomic E-state index is 10.6. The predicted molar refractivity (Wildman–Crippen MR) is 71.9 cm³/mol.